The lowest BCUT2D eigenvalue weighted by atomic mass is 10.1. The average molecular weight is 606 g/mol. The minimum atomic E-state index is -0.908. The van der Waals surface area contributed by atoms with E-state index in [0.717, 1.165) is 11.3 Å². The molecule has 0 saturated carbocycles. The van der Waals surface area contributed by atoms with Crippen LogP contribution in [0, 0.1) is 5.82 Å². The summed E-state index contributed by atoms with van der Waals surface area (Å²) in [7, 11) is 0. The Morgan fingerprint density at radius 2 is 1.55 bits per heavy atom. The summed E-state index contributed by atoms with van der Waals surface area (Å²) in [6, 6.07) is 14.0. The van der Waals surface area contributed by atoms with E-state index in [1.165, 1.54) is 48.5 Å². The van der Waals surface area contributed by atoms with Crippen molar-refractivity contribution in [3.8, 4) is 23.0 Å². The van der Waals surface area contributed by atoms with Crippen LogP contribution in [0.25, 0.3) is 6.08 Å². The van der Waals surface area contributed by atoms with E-state index in [9.17, 15) is 23.6 Å². The summed E-state index contributed by atoms with van der Waals surface area (Å²) < 4.78 is 36.5. The zero-order valence-electron chi connectivity index (χ0n) is 24.5. The summed E-state index contributed by atoms with van der Waals surface area (Å²) in [5.74, 6) is -1.62. The molecule has 230 valence electrons. The first-order chi connectivity index (χ1) is 21.2. The molecule has 44 heavy (non-hydrogen) atoms. The fourth-order valence-corrected chi connectivity index (χ4v) is 4.19. The fraction of sp³-hybridized carbons (Fsp3) is 0.250. The number of anilines is 2. The molecule has 3 aromatic carbocycles. The van der Waals surface area contributed by atoms with Gasteiger partial charge in [0.1, 0.15) is 11.4 Å². The maximum Gasteiger partial charge on any atom is 0.335 e. The predicted octanol–water partition coefficient (Wildman–Crippen LogP) is 5.10. The van der Waals surface area contributed by atoms with Crippen molar-refractivity contribution in [2.24, 2.45) is 0 Å². The molecule has 1 aliphatic heterocycles. The normalized spacial score (nSPS) is 13.9. The summed E-state index contributed by atoms with van der Waals surface area (Å²) in [4.78, 5) is 52.2. The molecule has 1 fully saturated rings. The van der Waals surface area contributed by atoms with Gasteiger partial charge in [-0.2, -0.15) is 0 Å². The number of urea groups is 1. The molecule has 12 heteroatoms. The van der Waals surface area contributed by atoms with Crippen LogP contribution >= 0.6 is 0 Å². The largest absolute Gasteiger partial charge is 0.490 e. The van der Waals surface area contributed by atoms with E-state index in [-0.39, 0.29) is 35.1 Å². The Morgan fingerprint density at radius 3 is 2.25 bits per heavy atom. The Hall–Kier alpha value is -5.39. The summed E-state index contributed by atoms with van der Waals surface area (Å²) in [5, 5.41) is 4.63. The molecular weight excluding hydrogens is 573 g/mol. The molecule has 2 N–H and O–H groups in total. The molecule has 5 amide bonds. The topological polar surface area (TPSA) is 132 Å². The van der Waals surface area contributed by atoms with Crippen LogP contribution < -0.4 is 34.5 Å². The van der Waals surface area contributed by atoms with Crippen molar-refractivity contribution < 1.29 is 42.5 Å². The Kier molecular flexibility index (Phi) is 10.5. The molecule has 3 aromatic rings. The number of imide groups is 2. The van der Waals surface area contributed by atoms with E-state index in [0.29, 0.717) is 30.3 Å². The van der Waals surface area contributed by atoms with Crippen LogP contribution in [0.5, 0.6) is 23.0 Å². The van der Waals surface area contributed by atoms with Gasteiger partial charge < -0.3 is 24.3 Å². The van der Waals surface area contributed by atoms with Crippen molar-refractivity contribution in [1.29, 1.82) is 0 Å². The maximum absolute atomic E-state index is 13.9. The fourth-order valence-electron chi connectivity index (χ4n) is 4.19. The van der Waals surface area contributed by atoms with E-state index >= 15 is 0 Å². The lowest BCUT2D eigenvalue weighted by molar-refractivity contribution is -0.122. The first-order valence-electron chi connectivity index (χ1n) is 14.0. The Balaban J connectivity index is 1.56. The minimum Gasteiger partial charge on any atom is -0.490 e. The SMILES string of the molecule is CCCOc1ccc(N2C(=O)NC(=O)/C(=C\c3ccc(OCC(=O)Nc4ccccc4F)c(OCC)c3)C2=O)cc1OCC. The summed E-state index contributed by atoms with van der Waals surface area (Å²) in [6.45, 7) is 6.10. The second kappa shape index (κ2) is 14.7. The average Bonchev–Trinajstić information content (AvgIpc) is 3.00. The van der Waals surface area contributed by atoms with Gasteiger partial charge in [0.2, 0.25) is 0 Å². The van der Waals surface area contributed by atoms with Crippen LogP contribution in [-0.2, 0) is 14.4 Å². The highest BCUT2D eigenvalue weighted by Gasteiger charge is 2.37. The standard InChI is InChI=1S/C32H32FN3O8/c1-4-15-43-25-14-12-21(18-28(25)42-6-3)36-31(39)22(30(38)35-32(36)40)16-20-11-13-26(27(17-20)41-5-2)44-19-29(37)34-24-10-8-7-9-23(24)33/h7-14,16-18H,4-6,15,19H2,1-3H3,(H,34,37)(H,35,38,40)/b22-16+. The second-order valence-electron chi connectivity index (χ2n) is 9.33. The van der Waals surface area contributed by atoms with Crippen LogP contribution in [0.2, 0.25) is 0 Å². The van der Waals surface area contributed by atoms with Crippen molar-refractivity contribution in [2.75, 3.05) is 36.6 Å². The first kappa shape index (κ1) is 31.5. The Bertz CT molecular complexity index is 1590. The number of para-hydroxylation sites is 1. The Labute approximate surface area is 253 Å². The van der Waals surface area contributed by atoms with E-state index in [4.69, 9.17) is 18.9 Å². The third-order valence-corrected chi connectivity index (χ3v) is 6.13. The molecule has 0 spiro atoms. The van der Waals surface area contributed by atoms with Gasteiger partial charge in [0.25, 0.3) is 17.7 Å². The molecule has 1 aliphatic rings. The summed E-state index contributed by atoms with van der Waals surface area (Å²) >= 11 is 0. The molecule has 0 aliphatic carbocycles. The number of nitrogens with zero attached hydrogens (tertiary/aromatic N) is 1. The number of carbonyl (C=O) groups excluding carboxylic acids is 4. The molecule has 0 aromatic heterocycles. The van der Waals surface area contributed by atoms with E-state index in [1.54, 1.807) is 32.0 Å². The van der Waals surface area contributed by atoms with Gasteiger partial charge in [-0.05, 0) is 68.3 Å². The zero-order valence-corrected chi connectivity index (χ0v) is 24.5. The van der Waals surface area contributed by atoms with Crippen LogP contribution in [-0.4, -0.2) is 50.2 Å². The lowest BCUT2D eigenvalue weighted by Crippen LogP contribution is -2.54. The van der Waals surface area contributed by atoms with Crippen LogP contribution in [0.4, 0.5) is 20.6 Å². The van der Waals surface area contributed by atoms with Gasteiger partial charge in [0.05, 0.1) is 31.2 Å². The minimum absolute atomic E-state index is 0.0194. The molecule has 11 nitrogen and oxygen atoms in total. The van der Waals surface area contributed by atoms with Crippen molar-refractivity contribution in [1.82, 2.24) is 5.32 Å². The zero-order chi connectivity index (χ0) is 31.6. The number of amides is 5. The molecular formula is C32H32FN3O8. The highest BCUT2D eigenvalue weighted by atomic mass is 19.1. The third-order valence-electron chi connectivity index (χ3n) is 6.13. The van der Waals surface area contributed by atoms with Gasteiger partial charge in [-0.3, -0.25) is 19.7 Å². The smallest absolute Gasteiger partial charge is 0.335 e. The summed E-state index contributed by atoms with van der Waals surface area (Å²) in [5.41, 5.74) is 0.300. The number of rotatable bonds is 13. The van der Waals surface area contributed by atoms with Gasteiger partial charge in [-0.1, -0.05) is 25.1 Å². The number of ether oxygens (including phenoxy) is 4. The first-order valence-corrected chi connectivity index (χ1v) is 14.0. The Morgan fingerprint density at radius 1 is 0.864 bits per heavy atom. The van der Waals surface area contributed by atoms with E-state index < -0.39 is 36.2 Å². The highest BCUT2D eigenvalue weighted by molar-refractivity contribution is 6.39. The van der Waals surface area contributed by atoms with Gasteiger partial charge in [-0.25, -0.2) is 14.1 Å². The van der Waals surface area contributed by atoms with Crippen molar-refractivity contribution >= 4 is 41.2 Å². The number of carbonyl (C=O) groups is 4. The second-order valence-corrected chi connectivity index (χ2v) is 9.33. The predicted molar refractivity (Wildman–Crippen MR) is 161 cm³/mol. The quantitative estimate of drug-likeness (QED) is 0.203. The third kappa shape index (κ3) is 7.51. The van der Waals surface area contributed by atoms with Crippen LogP contribution in [0.3, 0.4) is 0 Å². The molecule has 0 radical (unpaired) electrons. The summed E-state index contributed by atoms with van der Waals surface area (Å²) in [6.07, 6.45) is 2.09. The number of benzene rings is 3. The molecule has 1 heterocycles. The van der Waals surface area contributed by atoms with Crippen molar-refractivity contribution in [3.63, 3.8) is 0 Å². The molecule has 1 saturated heterocycles. The van der Waals surface area contributed by atoms with Gasteiger partial charge in [0, 0.05) is 6.07 Å². The van der Waals surface area contributed by atoms with Gasteiger partial charge >= 0.3 is 6.03 Å². The van der Waals surface area contributed by atoms with E-state index in [1.807, 2.05) is 6.92 Å². The highest BCUT2D eigenvalue weighted by Crippen LogP contribution is 2.34. The monoisotopic (exact) mass is 605 g/mol. The van der Waals surface area contributed by atoms with Gasteiger partial charge in [-0.15, -0.1) is 0 Å². The van der Waals surface area contributed by atoms with E-state index in [2.05, 4.69) is 10.6 Å². The van der Waals surface area contributed by atoms with Crippen molar-refractivity contribution in [3.05, 3.63) is 77.6 Å². The number of hydrogen-bond acceptors (Lipinski definition) is 8. The number of hydrogen-bond donors (Lipinski definition) is 2. The molecule has 0 atom stereocenters. The molecule has 4 rings (SSSR count). The number of halogens is 1. The van der Waals surface area contributed by atoms with Crippen LogP contribution in [0.1, 0.15) is 32.8 Å². The van der Waals surface area contributed by atoms with Crippen molar-refractivity contribution in [2.45, 2.75) is 27.2 Å². The molecule has 0 bridgehead atoms. The number of barbiturate groups is 1. The number of nitrogens with one attached hydrogen (secondary N) is 2. The lowest BCUT2D eigenvalue weighted by Gasteiger charge is -2.27. The maximum atomic E-state index is 13.9. The van der Waals surface area contributed by atoms with Crippen LogP contribution in [0.15, 0.2) is 66.2 Å². The molecule has 0 unspecified atom stereocenters. The van der Waals surface area contributed by atoms with Gasteiger partial charge in [0.15, 0.2) is 29.6 Å².